The third-order valence-electron chi connectivity index (χ3n) is 6.45. The number of hydrogen-bond acceptors (Lipinski definition) is 3. The van der Waals surface area contributed by atoms with Gasteiger partial charge in [0.2, 0.25) is 0 Å². The first-order chi connectivity index (χ1) is 14.7. The van der Waals surface area contributed by atoms with Crippen LogP contribution in [0.15, 0.2) is 72.8 Å². The highest BCUT2D eigenvalue weighted by atomic mass is 19.1. The fraction of sp³-hybridized carbons (Fsp3) is 0.269. The van der Waals surface area contributed by atoms with Gasteiger partial charge in [0.25, 0.3) is 0 Å². The Morgan fingerprint density at radius 2 is 1.47 bits per heavy atom. The highest BCUT2D eigenvalue weighted by Crippen LogP contribution is 2.44. The maximum Gasteiger partial charge on any atom is 0.306 e. The average molecular weight is 401 g/mol. The van der Waals surface area contributed by atoms with E-state index in [1.165, 1.54) is 28.3 Å². The molecule has 1 saturated heterocycles. The molecule has 152 valence electrons. The second-order valence-corrected chi connectivity index (χ2v) is 8.16. The fourth-order valence-corrected chi connectivity index (χ4v) is 4.98. The van der Waals surface area contributed by atoms with Gasteiger partial charge in [-0.15, -0.1) is 0 Å². The topological polar surface area (TPSA) is 38.3 Å². The SMILES string of the molecule is O=C(CC1CNCC1c1ccccc1F)OCC1c2ccccc2-c2ccccc21. The zero-order chi connectivity index (χ0) is 20.5. The van der Waals surface area contributed by atoms with Gasteiger partial charge in [0, 0.05) is 18.4 Å². The molecule has 1 aliphatic heterocycles. The lowest BCUT2D eigenvalue weighted by molar-refractivity contribution is -0.145. The number of halogens is 1. The van der Waals surface area contributed by atoms with Crippen LogP contribution in [0.2, 0.25) is 0 Å². The first kappa shape index (κ1) is 19.0. The minimum atomic E-state index is -0.216. The number of carbonyl (C=O) groups is 1. The summed E-state index contributed by atoms with van der Waals surface area (Å²) in [5.41, 5.74) is 5.53. The predicted molar refractivity (Wildman–Crippen MR) is 115 cm³/mol. The minimum Gasteiger partial charge on any atom is -0.465 e. The summed E-state index contributed by atoms with van der Waals surface area (Å²) in [4.78, 5) is 12.7. The molecular formula is C26H24FNO2. The first-order valence-corrected chi connectivity index (χ1v) is 10.5. The second-order valence-electron chi connectivity index (χ2n) is 8.16. The van der Waals surface area contributed by atoms with Crippen molar-refractivity contribution in [1.82, 2.24) is 5.32 Å². The summed E-state index contributed by atoms with van der Waals surface area (Å²) in [5.74, 6) is -0.328. The Hall–Kier alpha value is -2.98. The Labute approximate surface area is 175 Å². The van der Waals surface area contributed by atoms with Crippen LogP contribution in [-0.4, -0.2) is 25.7 Å². The number of ether oxygens (including phenoxy) is 1. The Morgan fingerprint density at radius 1 is 0.867 bits per heavy atom. The van der Waals surface area contributed by atoms with Crippen LogP contribution in [0.25, 0.3) is 11.1 Å². The highest BCUT2D eigenvalue weighted by Gasteiger charge is 2.33. The number of hydrogen-bond donors (Lipinski definition) is 1. The van der Waals surface area contributed by atoms with E-state index in [4.69, 9.17) is 4.74 Å². The molecule has 1 aliphatic carbocycles. The molecule has 1 fully saturated rings. The zero-order valence-corrected chi connectivity index (χ0v) is 16.7. The monoisotopic (exact) mass is 401 g/mol. The molecule has 0 saturated carbocycles. The van der Waals surface area contributed by atoms with E-state index in [2.05, 4.69) is 29.6 Å². The summed E-state index contributed by atoms with van der Waals surface area (Å²) >= 11 is 0. The molecule has 0 amide bonds. The Balaban J connectivity index is 1.27. The largest absolute Gasteiger partial charge is 0.465 e. The van der Waals surface area contributed by atoms with E-state index in [9.17, 15) is 9.18 Å². The molecule has 4 heteroatoms. The number of esters is 1. The summed E-state index contributed by atoms with van der Waals surface area (Å²) in [7, 11) is 0. The van der Waals surface area contributed by atoms with Crippen LogP contribution in [0.3, 0.4) is 0 Å². The van der Waals surface area contributed by atoms with Crippen LogP contribution in [0, 0.1) is 11.7 Å². The molecule has 0 radical (unpaired) electrons. The van der Waals surface area contributed by atoms with Gasteiger partial charge < -0.3 is 10.1 Å². The van der Waals surface area contributed by atoms with Crippen molar-refractivity contribution in [3.05, 3.63) is 95.3 Å². The van der Waals surface area contributed by atoms with Crippen LogP contribution in [0.4, 0.5) is 4.39 Å². The number of benzene rings is 3. The van der Waals surface area contributed by atoms with E-state index in [1.807, 2.05) is 36.4 Å². The van der Waals surface area contributed by atoms with E-state index < -0.39 is 0 Å². The van der Waals surface area contributed by atoms with Gasteiger partial charge in [0.15, 0.2) is 0 Å². The lowest BCUT2D eigenvalue weighted by Gasteiger charge is -2.20. The molecule has 5 rings (SSSR count). The number of fused-ring (bicyclic) bond motifs is 3. The van der Waals surface area contributed by atoms with Crippen molar-refractivity contribution in [2.75, 3.05) is 19.7 Å². The summed E-state index contributed by atoms with van der Waals surface area (Å²) in [6.45, 7) is 1.71. The fourth-order valence-electron chi connectivity index (χ4n) is 4.98. The summed E-state index contributed by atoms with van der Waals surface area (Å²) in [6.07, 6.45) is 0.294. The van der Waals surface area contributed by atoms with Crippen molar-refractivity contribution in [3.63, 3.8) is 0 Å². The Kier molecular flexibility index (Phi) is 5.09. The molecule has 1 N–H and O–H groups in total. The van der Waals surface area contributed by atoms with Crippen molar-refractivity contribution in [3.8, 4) is 11.1 Å². The number of nitrogens with one attached hydrogen (secondary N) is 1. The van der Waals surface area contributed by atoms with Crippen LogP contribution in [0.5, 0.6) is 0 Å². The van der Waals surface area contributed by atoms with E-state index in [0.29, 0.717) is 31.7 Å². The summed E-state index contributed by atoms with van der Waals surface area (Å²) in [6, 6.07) is 23.5. The maximum absolute atomic E-state index is 14.2. The Bertz CT molecular complexity index is 1030. The van der Waals surface area contributed by atoms with Crippen LogP contribution in [0.1, 0.15) is 34.9 Å². The van der Waals surface area contributed by atoms with E-state index >= 15 is 0 Å². The van der Waals surface area contributed by atoms with E-state index in [0.717, 1.165) is 0 Å². The highest BCUT2D eigenvalue weighted by molar-refractivity contribution is 5.79. The average Bonchev–Trinajstić information content (AvgIpc) is 3.35. The van der Waals surface area contributed by atoms with Gasteiger partial charge in [-0.2, -0.15) is 0 Å². The van der Waals surface area contributed by atoms with Crippen molar-refractivity contribution >= 4 is 5.97 Å². The lowest BCUT2D eigenvalue weighted by atomic mass is 9.86. The smallest absolute Gasteiger partial charge is 0.306 e. The molecule has 3 aromatic carbocycles. The molecule has 30 heavy (non-hydrogen) atoms. The third-order valence-corrected chi connectivity index (χ3v) is 6.45. The molecule has 0 bridgehead atoms. The molecule has 2 aliphatic rings. The number of rotatable bonds is 5. The van der Waals surface area contributed by atoms with Gasteiger partial charge in [-0.05, 0) is 46.3 Å². The van der Waals surface area contributed by atoms with Crippen LogP contribution >= 0.6 is 0 Å². The van der Waals surface area contributed by atoms with Crippen molar-refractivity contribution in [1.29, 1.82) is 0 Å². The normalized spacial score (nSPS) is 20.0. The van der Waals surface area contributed by atoms with Crippen LogP contribution in [-0.2, 0) is 9.53 Å². The van der Waals surface area contributed by atoms with Gasteiger partial charge in [0.1, 0.15) is 12.4 Å². The number of carbonyl (C=O) groups excluding carboxylic acids is 1. The quantitative estimate of drug-likeness (QED) is 0.620. The zero-order valence-electron chi connectivity index (χ0n) is 16.7. The molecule has 1 heterocycles. The van der Waals surface area contributed by atoms with Gasteiger partial charge >= 0.3 is 5.97 Å². The maximum atomic E-state index is 14.2. The third kappa shape index (κ3) is 3.41. The minimum absolute atomic E-state index is 0.00770. The Morgan fingerprint density at radius 3 is 2.13 bits per heavy atom. The molecule has 3 nitrogen and oxygen atoms in total. The van der Waals surface area contributed by atoms with E-state index in [1.54, 1.807) is 6.07 Å². The molecule has 0 spiro atoms. The van der Waals surface area contributed by atoms with Gasteiger partial charge in [-0.25, -0.2) is 4.39 Å². The van der Waals surface area contributed by atoms with Gasteiger partial charge in [0.05, 0.1) is 6.42 Å². The van der Waals surface area contributed by atoms with Crippen molar-refractivity contribution in [2.45, 2.75) is 18.3 Å². The molecule has 2 unspecified atom stereocenters. The molecule has 0 aromatic heterocycles. The van der Waals surface area contributed by atoms with E-state index in [-0.39, 0.29) is 29.5 Å². The molecule has 2 atom stereocenters. The molecular weight excluding hydrogens is 377 g/mol. The van der Waals surface area contributed by atoms with Gasteiger partial charge in [-0.3, -0.25) is 4.79 Å². The standard InChI is InChI=1S/C26H24FNO2/c27-25-12-6-5-11-22(25)23-15-28-14-17(23)13-26(29)30-16-24-20-9-3-1-7-18(20)19-8-2-4-10-21(19)24/h1-12,17,23-24,28H,13-16H2. The lowest BCUT2D eigenvalue weighted by Crippen LogP contribution is -2.20. The first-order valence-electron chi connectivity index (χ1n) is 10.5. The van der Waals surface area contributed by atoms with Crippen molar-refractivity contribution in [2.24, 2.45) is 5.92 Å². The summed E-state index contributed by atoms with van der Waals surface area (Å²) in [5, 5.41) is 3.30. The van der Waals surface area contributed by atoms with Crippen molar-refractivity contribution < 1.29 is 13.9 Å². The van der Waals surface area contributed by atoms with Crippen LogP contribution < -0.4 is 5.32 Å². The molecule has 3 aromatic rings. The second kappa shape index (κ2) is 8.04. The summed E-state index contributed by atoms with van der Waals surface area (Å²) < 4.78 is 20.0. The predicted octanol–water partition coefficient (Wildman–Crippen LogP) is 4.87. The van der Waals surface area contributed by atoms with Gasteiger partial charge in [-0.1, -0.05) is 66.7 Å².